The number of amides is 2. The highest BCUT2D eigenvalue weighted by Crippen LogP contribution is 2.32. The first kappa shape index (κ1) is 18.4. The topological polar surface area (TPSA) is 80.3 Å². The molecule has 1 aliphatic rings. The van der Waals surface area contributed by atoms with Crippen molar-refractivity contribution in [3.05, 3.63) is 28.6 Å². The van der Waals surface area contributed by atoms with E-state index in [-0.39, 0.29) is 17.9 Å². The molecule has 7 heteroatoms. The van der Waals surface area contributed by atoms with Crippen molar-refractivity contribution in [3.8, 4) is 17.0 Å². The summed E-state index contributed by atoms with van der Waals surface area (Å²) in [5, 5.41) is 8.27. The largest absolute Gasteiger partial charge is 0.496 e. The molecule has 0 spiro atoms. The molecule has 26 heavy (non-hydrogen) atoms. The van der Waals surface area contributed by atoms with Gasteiger partial charge in [0.2, 0.25) is 11.8 Å². The van der Waals surface area contributed by atoms with Crippen LogP contribution in [0.2, 0.25) is 0 Å². The SMILES string of the molecule is COc1cc(C)c(-c2csc(NC(=O)CC[C@H]3CCC(=O)N3)n2)cc1C. The number of ether oxygens (including phenoxy) is 1. The Morgan fingerprint density at radius 3 is 2.88 bits per heavy atom. The van der Waals surface area contributed by atoms with Crippen LogP contribution in [-0.2, 0) is 9.59 Å². The molecule has 0 bridgehead atoms. The lowest BCUT2D eigenvalue weighted by Crippen LogP contribution is -2.26. The molecule has 1 aromatic carbocycles. The Morgan fingerprint density at radius 2 is 2.19 bits per heavy atom. The van der Waals surface area contributed by atoms with E-state index < -0.39 is 0 Å². The van der Waals surface area contributed by atoms with E-state index in [0.717, 1.165) is 34.6 Å². The van der Waals surface area contributed by atoms with Gasteiger partial charge in [0.1, 0.15) is 5.75 Å². The summed E-state index contributed by atoms with van der Waals surface area (Å²) in [5.74, 6) is 0.855. The number of carbonyl (C=O) groups excluding carboxylic acids is 2. The van der Waals surface area contributed by atoms with Gasteiger partial charge >= 0.3 is 0 Å². The van der Waals surface area contributed by atoms with Crippen molar-refractivity contribution >= 4 is 28.3 Å². The van der Waals surface area contributed by atoms with Crippen LogP contribution in [0.4, 0.5) is 5.13 Å². The molecule has 2 heterocycles. The number of nitrogens with zero attached hydrogens (tertiary/aromatic N) is 1. The first-order valence-electron chi connectivity index (χ1n) is 8.66. The fourth-order valence-electron chi connectivity index (χ4n) is 3.12. The van der Waals surface area contributed by atoms with Crippen LogP contribution in [0.3, 0.4) is 0 Å². The predicted molar refractivity (Wildman–Crippen MR) is 103 cm³/mol. The van der Waals surface area contributed by atoms with E-state index in [1.54, 1.807) is 7.11 Å². The second-order valence-corrected chi connectivity index (χ2v) is 7.42. The first-order chi connectivity index (χ1) is 12.5. The number of aromatic nitrogens is 1. The molecule has 0 radical (unpaired) electrons. The lowest BCUT2D eigenvalue weighted by atomic mass is 10.0. The second-order valence-electron chi connectivity index (χ2n) is 6.56. The lowest BCUT2D eigenvalue weighted by molar-refractivity contribution is -0.120. The van der Waals surface area contributed by atoms with Crippen LogP contribution in [0.25, 0.3) is 11.3 Å². The van der Waals surface area contributed by atoms with E-state index in [1.165, 1.54) is 11.3 Å². The number of thiazole rings is 1. The molecule has 0 unspecified atom stereocenters. The molecule has 6 nitrogen and oxygen atoms in total. The van der Waals surface area contributed by atoms with Gasteiger partial charge in [0.05, 0.1) is 12.8 Å². The van der Waals surface area contributed by atoms with Crippen LogP contribution in [0, 0.1) is 13.8 Å². The normalized spacial score (nSPS) is 16.4. The molecule has 1 saturated heterocycles. The van der Waals surface area contributed by atoms with Crippen LogP contribution in [0.5, 0.6) is 5.75 Å². The van der Waals surface area contributed by atoms with Crippen molar-refractivity contribution in [1.82, 2.24) is 10.3 Å². The smallest absolute Gasteiger partial charge is 0.226 e. The minimum Gasteiger partial charge on any atom is -0.496 e. The summed E-state index contributed by atoms with van der Waals surface area (Å²) in [6, 6.07) is 4.17. The summed E-state index contributed by atoms with van der Waals surface area (Å²) in [6.07, 6.45) is 2.40. The third kappa shape index (κ3) is 4.22. The fraction of sp³-hybridized carbons (Fsp3) is 0.421. The highest BCUT2D eigenvalue weighted by Gasteiger charge is 2.21. The monoisotopic (exact) mass is 373 g/mol. The Labute approximate surface area is 157 Å². The number of aryl methyl sites for hydroxylation is 2. The number of benzene rings is 1. The zero-order chi connectivity index (χ0) is 18.7. The summed E-state index contributed by atoms with van der Waals surface area (Å²) in [4.78, 5) is 27.9. The number of hydrogen-bond donors (Lipinski definition) is 2. The average molecular weight is 373 g/mol. The Hall–Kier alpha value is -2.41. The Balaban J connectivity index is 1.62. The molecule has 138 valence electrons. The van der Waals surface area contributed by atoms with Gasteiger partial charge in [0.15, 0.2) is 5.13 Å². The van der Waals surface area contributed by atoms with Crippen LogP contribution < -0.4 is 15.4 Å². The summed E-state index contributed by atoms with van der Waals surface area (Å²) in [5.41, 5.74) is 4.00. The maximum Gasteiger partial charge on any atom is 0.226 e. The van der Waals surface area contributed by atoms with Crippen LogP contribution >= 0.6 is 11.3 Å². The Morgan fingerprint density at radius 1 is 1.38 bits per heavy atom. The van der Waals surface area contributed by atoms with E-state index in [2.05, 4.69) is 21.7 Å². The lowest BCUT2D eigenvalue weighted by Gasteiger charge is -2.10. The highest BCUT2D eigenvalue weighted by molar-refractivity contribution is 7.14. The van der Waals surface area contributed by atoms with Gasteiger partial charge in [0.25, 0.3) is 0 Å². The molecule has 1 aromatic heterocycles. The zero-order valence-corrected chi connectivity index (χ0v) is 16.0. The van der Waals surface area contributed by atoms with Crippen LogP contribution in [-0.4, -0.2) is 29.9 Å². The second kappa shape index (κ2) is 7.86. The van der Waals surface area contributed by atoms with Crippen LogP contribution in [0.15, 0.2) is 17.5 Å². The summed E-state index contributed by atoms with van der Waals surface area (Å²) < 4.78 is 5.35. The quantitative estimate of drug-likeness (QED) is 0.813. The molecule has 0 aliphatic carbocycles. The minimum absolute atomic E-state index is 0.0742. The standard InChI is InChI=1S/C19H23N3O3S/c1-11-9-16(25-3)12(2)8-14(11)15-10-26-19(21-15)22-18(24)7-5-13-4-6-17(23)20-13/h8-10,13H,4-7H2,1-3H3,(H,20,23)(H,21,22,24)/t13-/m1/s1. The number of rotatable bonds is 6. The number of carbonyl (C=O) groups is 2. The van der Waals surface area contributed by atoms with Gasteiger partial charge in [-0.3, -0.25) is 9.59 Å². The number of methoxy groups -OCH3 is 1. The van der Waals surface area contributed by atoms with Gasteiger partial charge in [0, 0.05) is 29.8 Å². The predicted octanol–water partition coefficient (Wildman–Crippen LogP) is 3.43. The number of anilines is 1. The number of hydrogen-bond acceptors (Lipinski definition) is 5. The zero-order valence-electron chi connectivity index (χ0n) is 15.2. The van der Waals surface area contributed by atoms with Crippen molar-refractivity contribution in [1.29, 1.82) is 0 Å². The van der Waals surface area contributed by atoms with E-state index in [1.807, 2.05) is 25.3 Å². The third-order valence-electron chi connectivity index (χ3n) is 4.57. The first-order valence-corrected chi connectivity index (χ1v) is 9.54. The Bertz CT molecular complexity index is 831. The molecule has 2 N–H and O–H groups in total. The van der Waals surface area contributed by atoms with Crippen molar-refractivity contribution in [2.24, 2.45) is 0 Å². The molecule has 1 atom stereocenters. The van der Waals surface area contributed by atoms with Gasteiger partial charge in [-0.25, -0.2) is 4.98 Å². The van der Waals surface area contributed by atoms with Gasteiger partial charge in [-0.15, -0.1) is 11.3 Å². The molecule has 1 fully saturated rings. The number of nitrogens with one attached hydrogen (secondary N) is 2. The van der Waals surface area contributed by atoms with Crippen LogP contribution in [0.1, 0.15) is 36.8 Å². The molecule has 3 rings (SSSR count). The average Bonchev–Trinajstić information content (AvgIpc) is 3.23. The van der Waals surface area contributed by atoms with Crippen molar-refractivity contribution in [2.45, 2.75) is 45.6 Å². The van der Waals surface area contributed by atoms with E-state index in [4.69, 9.17) is 4.74 Å². The van der Waals surface area contributed by atoms with Gasteiger partial charge in [-0.2, -0.15) is 0 Å². The summed E-state index contributed by atoms with van der Waals surface area (Å²) in [7, 11) is 1.66. The minimum atomic E-state index is -0.0744. The molecule has 1 aliphatic heterocycles. The third-order valence-corrected chi connectivity index (χ3v) is 5.33. The van der Waals surface area contributed by atoms with Gasteiger partial charge in [-0.1, -0.05) is 0 Å². The fourth-order valence-corrected chi connectivity index (χ4v) is 3.85. The highest BCUT2D eigenvalue weighted by atomic mass is 32.1. The molecular formula is C19H23N3O3S. The van der Waals surface area contributed by atoms with E-state index in [0.29, 0.717) is 24.4 Å². The molecule has 2 aromatic rings. The maximum atomic E-state index is 12.1. The summed E-state index contributed by atoms with van der Waals surface area (Å²) in [6.45, 7) is 4.02. The molecule has 0 saturated carbocycles. The summed E-state index contributed by atoms with van der Waals surface area (Å²) >= 11 is 1.41. The van der Waals surface area contributed by atoms with Crippen molar-refractivity contribution in [2.75, 3.05) is 12.4 Å². The van der Waals surface area contributed by atoms with E-state index in [9.17, 15) is 9.59 Å². The van der Waals surface area contributed by atoms with Gasteiger partial charge in [-0.05, 0) is 49.9 Å². The molecular weight excluding hydrogens is 350 g/mol. The van der Waals surface area contributed by atoms with Crippen molar-refractivity contribution < 1.29 is 14.3 Å². The maximum absolute atomic E-state index is 12.1. The van der Waals surface area contributed by atoms with E-state index >= 15 is 0 Å². The Kier molecular flexibility index (Phi) is 5.56. The van der Waals surface area contributed by atoms with Crippen molar-refractivity contribution in [3.63, 3.8) is 0 Å². The molecule has 2 amide bonds. The van der Waals surface area contributed by atoms with Gasteiger partial charge < -0.3 is 15.4 Å².